The van der Waals surface area contributed by atoms with Crippen LogP contribution >= 0.6 is 7.60 Å². The third-order valence-corrected chi connectivity index (χ3v) is 7.88. The number of amides is 1. The number of hydrogen-bond donors (Lipinski definition) is 1. The van der Waals surface area contributed by atoms with Crippen molar-refractivity contribution < 1.29 is 23.1 Å². The normalized spacial score (nSPS) is 13.8. The molecular weight excluding hydrogens is 449 g/mol. The van der Waals surface area contributed by atoms with Crippen molar-refractivity contribution in [3.8, 4) is 5.75 Å². The first-order valence-corrected chi connectivity index (χ1v) is 13.1. The first-order chi connectivity index (χ1) is 16.1. The maximum atomic E-state index is 14.0. The first-order valence-electron chi connectivity index (χ1n) is 11.5. The van der Waals surface area contributed by atoms with E-state index in [-0.39, 0.29) is 18.1 Å². The fraction of sp³-hybridized carbons (Fsp3) is 0.370. The van der Waals surface area contributed by atoms with Crippen LogP contribution in [0.2, 0.25) is 0 Å². The van der Waals surface area contributed by atoms with Crippen LogP contribution in [-0.4, -0.2) is 25.2 Å². The molecule has 3 rings (SSSR count). The van der Waals surface area contributed by atoms with Gasteiger partial charge in [0.25, 0.3) is 0 Å². The second-order valence-corrected chi connectivity index (χ2v) is 10.9. The van der Waals surface area contributed by atoms with Gasteiger partial charge in [0.2, 0.25) is 5.91 Å². The summed E-state index contributed by atoms with van der Waals surface area (Å²) >= 11 is 0. The summed E-state index contributed by atoms with van der Waals surface area (Å²) in [5.41, 5.74) is 1.52. The maximum Gasteiger partial charge on any atom is 0.357 e. The second kappa shape index (κ2) is 11.2. The molecule has 0 aliphatic rings. The van der Waals surface area contributed by atoms with Crippen molar-refractivity contribution in [2.24, 2.45) is 0 Å². The number of hydrogen-bond acceptors (Lipinski definition) is 5. The van der Waals surface area contributed by atoms with E-state index in [9.17, 15) is 9.36 Å². The standard InChI is InChI=1S/C27H34NO5P/c1-18(2)32-34(30,33-19(3)4)27(21-10-8-7-9-11-21)28-26(29)20(5)22-12-13-24-17-25(31-6)15-14-23(24)16-22/h7-20,27H,1-6H3,(H,28,29). The Bertz CT molecular complexity index is 1150. The Balaban J connectivity index is 1.93. The molecule has 0 spiro atoms. The van der Waals surface area contributed by atoms with Gasteiger partial charge >= 0.3 is 7.60 Å². The van der Waals surface area contributed by atoms with E-state index >= 15 is 0 Å². The molecule has 0 saturated heterocycles. The Hall–Kier alpha value is -2.66. The summed E-state index contributed by atoms with van der Waals surface area (Å²) < 4.78 is 31.0. The molecule has 0 aromatic heterocycles. The van der Waals surface area contributed by atoms with Crippen molar-refractivity contribution in [2.45, 2.75) is 58.5 Å². The number of nitrogens with one attached hydrogen (secondary N) is 1. The van der Waals surface area contributed by atoms with Gasteiger partial charge < -0.3 is 19.1 Å². The highest BCUT2D eigenvalue weighted by Crippen LogP contribution is 2.61. The summed E-state index contributed by atoms with van der Waals surface area (Å²) in [6.45, 7) is 9.03. The van der Waals surface area contributed by atoms with Gasteiger partial charge in [-0.3, -0.25) is 9.36 Å². The predicted octanol–water partition coefficient (Wildman–Crippen LogP) is 6.81. The Kier molecular flexibility index (Phi) is 8.53. The third-order valence-electron chi connectivity index (χ3n) is 5.39. The lowest BCUT2D eigenvalue weighted by molar-refractivity contribution is -0.122. The van der Waals surface area contributed by atoms with Crippen LogP contribution in [0.25, 0.3) is 10.8 Å². The zero-order valence-electron chi connectivity index (χ0n) is 20.6. The van der Waals surface area contributed by atoms with Gasteiger partial charge in [0, 0.05) is 0 Å². The highest BCUT2D eigenvalue weighted by molar-refractivity contribution is 7.54. The van der Waals surface area contributed by atoms with Crippen LogP contribution in [0.15, 0.2) is 66.7 Å². The fourth-order valence-electron chi connectivity index (χ4n) is 3.76. The summed E-state index contributed by atoms with van der Waals surface area (Å²) in [6, 6.07) is 20.9. The number of carbonyl (C=O) groups is 1. The molecule has 1 amide bonds. The van der Waals surface area contributed by atoms with Gasteiger partial charge in [-0.15, -0.1) is 0 Å². The number of methoxy groups -OCH3 is 1. The van der Waals surface area contributed by atoms with E-state index in [0.717, 1.165) is 22.1 Å². The first kappa shape index (κ1) is 26.0. The summed E-state index contributed by atoms with van der Waals surface area (Å²) in [7, 11) is -2.11. The molecule has 0 aliphatic carbocycles. The third kappa shape index (κ3) is 6.26. The zero-order chi connectivity index (χ0) is 24.9. The minimum Gasteiger partial charge on any atom is -0.497 e. The van der Waals surface area contributed by atoms with Crippen LogP contribution in [-0.2, 0) is 18.4 Å². The molecule has 0 heterocycles. The highest BCUT2D eigenvalue weighted by atomic mass is 31.2. The number of carbonyl (C=O) groups excluding carboxylic acids is 1. The van der Waals surface area contributed by atoms with Crippen LogP contribution in [0.3, 0.4) is 0 Å². The van der Waals surface area contributed by atoms with E-state index in [1.54, 1.807) is 34.8 Å². The smallest absolute Gasteiger partial charge is 0.357 e. The van der Waals surface area contributed by atoms with E-state index in [4.69, 9.17) is 13.8 Å². The van der Waals surface area contributed by atoms with Crippen molar-refractivity contribution in [3.05, 3.63) is 77.9 Å². The Morgan fingerprint density at radius 2 is 1.38 bits per heavy atom. The molecule has 2 unspecified atom stereocenters. The number of ether oxygens (including phenoxy) is 1. The lowest BCUT2D eigenvalue weighted by atomic mass is 9.97. The van der Waals surface area contributed by atoms with Crippen molar-refractivity contribution in [2.75, 3.05) is 7.11 Å². The molecule has 3 aromatic rings. The zero-order valence-corrected chi connectivity index (χ0v) is 21.5. The Morgan fingerprint density at radius 1 is 0.794 bits per heavy atom. The molecule has 0 fully saturated rings. The average molecular weight is 484 g/mol. The molecule has 0 bridgehead atoms. The van der Waals surface area contributed by atoms with Crippen molar-refractivity contribution in [3.63, 3.8) is 0 Å². The molecular formula is C27H34NO5P. The van der Waals surface area contributed by atoms with E-state index in [0.29, 0.717) is 5.56 Å². The summed E-state index contributed by atoms with van der Waals surface area (Å²) in [6.07, 6.45) is -0.690. The molecule has 3 aromatic carbocycles. The van der Waals surface area contributed by atoms with Gasteiger partial charge in [-0.1, -0.05) is 54.6 Å². The van der Waals surface area contributed by atoms with Crippen LogP contribution in [0, 0.1) is 0 Å². The van der Waals surface area contributed by atoms with Crippen LogP contribution in [0.4, 0.5) is 0 Å². The second-order valence-electron chi connectivity index (χ2n) is 8.86. The molecule has 0 saturated carbocycles. The molecule has 182 valence electrons. The largest absolute Gasteiger partial charge is 0.497 e. The van der Waals surface area contributed by atoms with Gasteiger partial charge in [0.1, 0.15) is 5.75 Å². The molecule has 2 atom stereocenters. The summed E-state index contributed by atoms with van der Waals surface area (Å²) in [5.74, 6) is -0.896. The van der Waals surface area contributed by atoms with E-state index < -0.39 is 19.3 Å². The quantitative estimate of drug-likeness (QED) is 0.321. The Morgan fingerprint density at radius 3 is 1.97 bits per heavy atom. The molecule has 34 heavy (non-hydrogen) atoms. The van der Waals surface area contributed by atoms with Gasteiger partial charge in [0.05, 0.1) is 25.2 Å². The lowest BCUT2D eigenvalue weighted by Gasteiger charge is -2.31. The topological polar surface area (TPSA) is 73.9 Å². The average Bonchev–Trinajstić information content (AvgIpc) is 2.80. The van der Waals surface area contributed by atoms with Gasteiger partial charge in [-0.05, 0) is 68.7 Å². The minimum atomic E-state index is -3.74. The van der Waals surface area contributed by atoms with Crippen molar-refractivity contribution in [1.29, 1.82) is 0 Å². The van der Waals surface area contributed by atoms with Gasteiger partial charge in [-0.25, -0.2) is 0 Å². The number of fused-ring (bicyclic) bond motifs is 1. The highest BCUT2D eigenvalue weighted by Gasteiger charge is 2.41. The van der Waals surface area contributed by atoms with E-state index in [2.05, 4.69) is 5.32 Å². The van der Waals surface area contributed by atoms with Crippen LogP contribution in [0.1, 0.15) is 57.4 Å². The van der Waals surface area contributed by atoms with E-state index in [1.165, 1.54) is 0 Å². The van der Waals surface area contributed by atoms with Gasteiger partial charge in [0.15, 0.2) is 5.78 Å². The Labute approximate surface area is 202 Å². The predicted molar refractivity (Wildman–Crippen MR) is 136 cm³/mol. The lowest BCUT2D eigenvalue weighted by Crippen LogP contribution is -2.33. The van der Waals surface area contributed by atoms with Crippen molar-refractivity contribution in [1.82, 2.24) is 5.32 Å². The summed E-state index contributed by atoms with van der Waals surface area (Å²) in [5, 5.41) is 5.01. The fourth-order valence-corrected chi connectivity index (χ4v) is 6.06. The SMILES string of the molecule is COc1ccc2cc(C(C)C(=O)NC(c3ccccc3)P(=O)(OC(C)C)OC(C)C)ccc2c1. The summed E-state index contributed by atoms with van der Waals surface area (Å²) in [4.78, 5) is 13.4. The minimum absolute atomic E-state index is 0.262. The van der Waals surface area contributed by atoms with Crippen molar-refractivity contribution >= 4 is 24.3 Å². The van der Waals surface area contributed by atoms with Crippen LogP contribution < -0.4 is 10.1 Å². The van der Waals surface area contributed by atoms with Crippen LogP contribution in [0.5, 0.6) is 5.75 Å². The van der Waals surface area contributed by atoms with E-state index in [1.807, 2.05) is 73.7 Å². The van der Waals surface area contributed by atoms with Gasteiger partial charge in [-0.2, -0.15) is 0 Å². The molecule has 1 N–H and O–H groups in total. The molecule has 6 nitrogen and oxygen atoms in total. The molecule has 0 radical (unpaired) electrons. The molecule has 0 aliphatic heterocycles. The number of rotatable bonds is 10. The monoisotopic (exact) mass is 483 g/mol. The maximum absolute atomic E-state index is 14.0. The molecule has 7 heteroatoms. The number of benzene rings is 3.